The summed E-state index contributed by atoms with van der Waals surface area (Å²) in [5.74, 6) is 1.90. The van der Waals surface area contributed by atoms with Crippen molar-refractivity contribution in [3.05, 3.63) is 46.6 Å². The second kappa shape index (κ2) is 7.15. The number of aromatic nitrogens is 2. The molecule has 3 N–H and O–H groups in total. The van der Waals surface area contributed by atoms with Crippen LogP contribution in [0, 0.1) is 0 Å². The van der Waals surface area contributed by atoms with Crippen molar-refractivity contribution in [2.75, 3.05) is 17.2 Å². The molecule has 0 spiro atoms. The molecule has 0 saturated heterocycles. The van der Waals surface area contributed by atoms with Gasteiger partial charge in [-0.15, -0.1) is 0 Å². The molecule has 1 aliphatic rings. The van der Waals surface area contributed by atoms with E-state index < -0.39 is 0 Å². The lowest BCUT2D eigenvalue weighted by atomic mass is 10.2. The van der Waals surface area contributed by atoms with E-state index in [1.165, 1.54) is 12.8 Å². The molecule has 3 rings (SSSR count). The van der Waals surface area contributed by atoms with Crippen LogP contribution in [0.1, 0.15) is 36.9 Å². The quantitative estimate of drug-likeness (QED) is 0.725. The van der Waals surface area contributed by atoms with Crippen molar-refractivity contribution >= 4 is 23.4 Å². The average Bonchev–Trinajstić information content (AvgIpc) is 3.39. The van der Waals surface area contributed by atoms with E-state index in [-0.39, 0.29) is 12.6 Å². The summed E-state index contributed by atoms with van der Waals surface area (Å²) in [6.07, 6.45) is 2.37. The monoisotopic (exact) mass is 332 g/mol. The molecular formula is C17H21ClN4O. The first-order valence-electron chi connectivity index (χ1n) is 7.88. The summed E-state index contributed by atoms with van der Waals surface area (Å²) in [6, 6.07) is 9.68. The summed E-state index contributed by atoms with van der Waals surface area (Å²) in [4.78, 5) is 9.05. The Kier molecular flexibility index (Phi) is 4.98. The van der Waals surface area contributed by atoms with E-state index in [1.54, 1.807) is 0 Å². The molecular weight excluding hydrogens is 312 g/mol. The molecule has 0 bridgehead atoms. The molecule has 1 saturated carbocycles. The highest BCUT2D eigenvalue weighted by Crippen LogP contribution is 2.39. The second-order valence-electron chi connectivity index (χ2n) is 5.98. The van der Waals surface area contributed by atoms with Crippen LogP contribution in [-0.2, 0) is 6.54 Å². The van der Waals surface area contributed by atoms with Gasteiger partial charge >= 0.3 is 0 Å². The van der Waals surface area contributed by atoms with E-state index in [0.717, 1.165) is 22.1 Å². The summed E-state index contributed by atoms with van der Waals surface area (Å²) in [7, 11) is 0. The smallest absolute Gasteiger partial charge is 0.225 e. The number of nitrogens with one attached hydrogen (secondary N) is 2. The molecule has 0 radical (unpaired) electrons. The highest BCUT2D eigenvalue weighted by Gasteiger charge is 2.26. The van der Waals surface area contributed by atoms with Crippen LogP contribution in [0.4, 0.5) is 11.8 Å². The Morgan fingerprint density at radius 1 is 1.26 bits per heavy atom. The van der Waals surface area contributed by atoms with Gasteiger partial charge in [0.25, 0.3) is 0 Å². The molecule has 1 heterocycles. The van der Waals surface area contributed by atoms with Gasteiger partial charge in [-0.3, -0.25) is 0 Å². The molecule has 5 nitrogen and oxygen atoms in total. The Labute approximate surface area is 141 Å². The number of benzene rings is 1. The predicted molar refractivity (Wildman–Crippen MR) is 93.0 cm³/mol. The van der Waals surface area contributed by atoms with Gasteiger partial charge in [-0.1, -0.05) is 23.7 Å². The lowest BCUT2D eigenvalue weighted by molar-refractivity contribution is 0.281. The maximum Gasteiger partial charge on any atom is 0.225 e. The van der Waals surface area contributed by atoms with E-state index in [2.05, 4.69) is 20.6 Å². The lowest BCUT2D eigenvalue weighted by Gasteiger charge is -2.14. The van der Waals surface area contributed by atoms with Crippen LogP contribution in [0.3, 0.4) is 0 Å². The van der Waals surface area contributed by atoms with Crippen LogP contribution in [-0.4, -0.2) is 27.7 Å². The third kappa shape index (κ3) is 4.56. The third-order valence-electron chi connectivity index (χ3n) is 3.78. The summed E-state index contributed by atoms with van der Waals surface area (Å²) in [5.41, 5.74) is 2.20. The Bertz CT molecular complexity index is 658. The molecule has 1 aromatic heterocycles. The predicted octanol–water partition coefficient (Wildman–Crippen LogP) is 3.41. The molecule has 1 fully saturated rings. The summed E-state index contributed by atoms with van der Waals surface area (Å²) in [6.45, 7) is 2.62. The fourth-order valence-corrected chi connectivity index (χ4v) is 2.40. The van der Waals surface area contributed by atoms with E-state index in [9.17, 15) is 5.11 Å². The van der Waals surface area contributed by atoms with Crippen LogP contribution in [0.15, 0.2) is 30.3 Å². The first kappa shape index (κ1) is 16.0. The number of nitrogens with zero attached hydrogens (tertiary/aromatic N) is 2. The zero-order chi connectivity index (χ0) is 16.2. The van der Waals surface area contributed by atoms with Gasteiger partial charge in [0.05, 0.1) is 12.3 Å². The Morgan fingerprint density at radius 2 is 2.00 bits per heavy atom. The van der Waals surface area contributed by atoms with E-state index >= 15 is 0 Å². The van der Waals surface area contributed by atoms with Crippen LogP contribution in [0.25, 0.3) is 0 Å². The summed E-state index contributed by atoms with van der Waals surface area (Å²) >= 11 is 5.90. The Morgan fingerprint density at radius 3 is 2.65 bits per heavy atom. The SMILES string of the molecule is C[C@@H](CO)Nc1nc(NCc2ccc(Cl)cc2)cc(C2CC2)n1. The summed E-state index contributed by atoms with van der Waals surface area (Å²) in [5, 5.41) is 16.4. The molecule has 2 aromatic rings. The summed E-state index contributed by atoms with van der Waals surface area (Å²) < 4.78 is 0. The third-order valence-corrected chi connectivity index (χ3v) is 4.03. The van der Waals surface area contributed by atoms with Gasteiger partial charge in [0.2, 0.25) is 5.95 Å². The van der Waals surface area contributed by atoms with Gasteiger partial charge in [0.15, 0.2) is 0 Å². The maximum atomic E-state index is 9.19. The van der Waals surface area contributed by atoms with Gasteiger partial charge in [0, 0.05) is 29.6 Å². The number of hydrogen-bond donors (Lipinski definition) is 3. The van der Waals surface area contributed by atoms with Gasteiger partial charge in [-0.05, 0) is 37.5 Å². The molecule has 23 heavy (non-hydrogen) atoms. The second-order valence-corrected chi connectivity index (χ2v) is 6.42. The van der Waals surface area contributed by atoms with E-state index in [1.807, 2.05) is 37.3 Å². The molecule has 0 amide bonds. The van der Waals surface area contributed by atoms with Crippen molar-refractivity contribution in [1.82, 2.24) is 9.97 Å². The number of aliphatic hydroxyl groups excluding tert-OH is 1. The minimum atomic E-state index is -0.0754. The van der Waals surface area contributed by atoms with Crippen LogP contribution in [0.2, 0.25) is 5.02 Å². The van der Waals surface area contributed by atoms with Crippen LogP contribution in [0.5, 0.6) is 0 Å². The molecule has 1 atom stereocenters. The molecule has 1 aromatic carbocycles. The van der Waals surface area contributed by atoms with Crippen LogP contribution >= 0.6 is 11.6 Å². The topological polar surface area (TPSA) is 70.1 Å². The fourth-order valence-electron chi connectivity index (χ4n) is 2.27. The fraction of sp³-hybridized carbons (Fsp3) is 0.412. The van der Waals surface area contributed by atoms with Crippen molar-refractivity contribution < 1.29 is 5.11 Å². The molecule has 1 aliphatic carbocycles. The first-order valence-corrected chi connectivity index (χ1v) is 8.26. The van der Waals surface area contributed by atoms with Gasteiger partial charge in [-0.2, -0.15) is 4.98 Å². The first-order chi connectivity index (χ1) is 11.1. The zero-order valence-corrected chi connectivity index (χ0v) is 13.8. The highest BCUT2D eigenvalue weighted by atomic mass is 35.5. The molecule has 122 valence electrons. The Balaban J connectivity index is 1.73. The van der Waals surface area contributed by atoms with Gasteiger partial charge in [-0.25, -0.2) is 4.98 Å². The van der Waals surface area contributed by atoms with Crippen LogP contribution < -0.4 is 10.6 Å². The van der Waals surface area contributed by atoms with Crippen molar-refractivity contribution in [2.24, 2.45) is 0 Å². The number of halogens is 1. The normalized spacial score (nSPS) is 15.3. The standard InChI is InChI=1S/C17H21ClN4O/c1-11(10-23)20-17-21-15(13-4-5-13)8-16(22-17)19-9-12-2-6-14(18)7-3-12/h2-3,6-8,11,13,23H,4-5,9-10H2,1H3,(H2,19,20,21,22)/t11-/m0/s1. The van der Waals surface area contributed by atoms with Crippen molar-refractivity contribution in [2.45, 2.75) is 38.3 Å². The van der Waals surface area contributed by atoms with Gasteiger partial charge in [0.1, 0.15) is 5.82 Å². The highest BCUT2D eigenvalue weighted by molar-refractivity contribution is 6.30. The van der Waals surface area contributed by atoms with Gasteiger partial charge < -0.3 is 15.7 Å². The number of hydrogen-bond acceptors (Lipinski definition) is 5. The van der Waals surface area contributed by atoms with Crippen molar-refractivity contribution in [1.29, 1.82) is 0 Å². The number of aliphatic hydroxyl groups is 1. The van der Waals surface area contributed by atoms with Crippen molar-refractivity contribution in [3.8, 4) is 0 Å². The number of rotatable bonds is 7. The molecule has 0 unspecified atom stereocenters. The number of anilines is 2. The largest absolute Gasteiger partial charge is 0.394 e. The van der Waals surface area contributed by atoms with E-state index in [0.29, 0.717) is 18.4 Å². The van der Waals surface area contributed by atoms with E-state index in [4.69, 9.17) is 11.6 Å². The zero-order valence-electron chi connectivity index (χ0n) is 13.1. The minimum absolute atomic E-state index is 0.0462. The maximum absolute atomic E-state index is 9.19. The molecule has 6 heteroatoms. The molecule has 0 aliphatic heterocycles. The average molecular weight is 333 g/mol. The minimum Gasteiger partial charge on any atom is -0.394 e. The van der Waals surface area contributed by atoms with Crippen molar-refractivity contribution in [3.63, 3.8) is 0 Å². The lowest BCUT2D eigenvalue weighted by Crippen LogP contribution is -2.21. The Hall–Kier alpha value is -1.85.